The Morgan fingerprint density at radius 2 is 0.964 bits per heavy atom. The van der Waals surface area contributed by atoms with Crippen molar-refractivity contribution in [3.05, 3.63) is 182 Å². The number of fused-ring (bicyclic) bond motifs is 14. The summed E-state index contributed by atoms with van der Waals surface area (Å²) in [5.41, 5.74) is 11.2. The van der Waals surface area contributed by atoms with Crippen LogP contribution in [0.4, 0.5) is 0 Å². The molecule has 9 aromatic carbocycles. The van der Waals surface area contributed by atoms with Crippen LogP contribution in [0.5, 0.6) is 0 Å². The molecule has 13 aromatic rings. The van der Waals surface area contributed by atoms with Crippen LogP contribution in [0.25, 0.3) is 121 Å². The van der Waals surface area contributed by atoms with Gasteiger partial charge in [0.2, 0.25) is 5.95 Å². The molecule has 0 amide bonds. The minimum Gasteiger partial charge on any atom is -0.308 e. The van der Waals surface area contributed by atoms with Gasteiger partial charge >= 0.3 is 0 Å². The van der Waals surface area contributed by atoms with Crippen molar-refractivity contribution in [3.8, 4) is 28.3 Å². The first-order valence-electron chi connectivity index (χ1n) is 19.2. The van der Waals surface area contributed by atoms with Crippen LogP contribution in [0.1, 0.15) is 0 Å². The summed E-state index contributed by atoms with van der Waals surface area (Å²) in [5.74, 6) is 0.661. The Balaban J connectivity index is 1.18. The van der Waals surface area contributed by atoms with E-state index in [2.05, 4.69) is 191 Å². The van der Waals surface area contributed by atoms with Crippen LogP contribution in [0.2, 0.25) is 0 Å². The van der Waals surface area contributed by atoms with E-state index in [-0.39, 0.29) is 0 Å². The minimum atomic E-state index is 0.661. The lowest BCUT2D eigenvalue weighted by Gasteiger charge is -2.14. The molecule has 0 N–H and O–H groups in total. The highest BCUT2D eigenvalue weighted by Crippen LogP contribution is 2.47. The molecule has 0 aliphatic heterocycles. The van der Waals surface area contributed by atoms with Crippen LogP contribution >= 0.6 is 0 Å². The largest absolute Gasteiger partial charge is 0.308 e. The number of rotatable bonds is 3. The summed E-state index contributed by atoms with van der Waals surface area (Å²) >= 11 is 0. The van der Waals surface area contributed by atoms with Crippen LogP contribution in [-0.4, -0.2) is 18.9 Å². The van der Waals surface area contributed by atoms with Gasteiger partial charge in [0.1, 0.15) is 0 Å². The Morgan fingerprint density at radius 3 is 1.77 bits per heavy atom. The molecular weight excluding hydrogens is 681 g/mol. The number of aromatic nitrogens is 4. The average Bonchev–Trinajstić information content (AvgIpc) is 3.89. The minimum absolute atomic E-state index is 0.661. The quantitative estimate of drug-likeness (QED) is 0.171. The Bertz CT molecular complexity index is 3740. The normalized spacial score (nSPS) is 12.3. The van der Waals surface area contributed by atoms with Crippen LogP contribution in [0.15, 0.2) is 182 Å². The van der Waals surface area contributed by atoms with Crippen LogP contribution < -0.4 is 0 Å². The first-order valence-corrected chi connectivity index (χ1v) is 19.2. The Hall–Kier alpha value is -7.56. The van der Waals surface area contributed by atoms with Crippen molar-refractivity contribution in [2.45, 2.75) is 0 Å². The first kappa shape index (κ1) is 29.8. The molecular formula is C52H30N4. The third-order valence-electron chi connectivity index (χ3n) is 12.0. The standard InChI is InChI=1S/C52H30N4/c1-2-12-31(13-3-1)32-22-24-34(25-23-32)49-40-27-26-33-14-6-7-17-37(33)50(40)54-52(53-49)56-44-21-11-8-18-38(44)47-46(56)30-42-41-28-35-15-4-5-16-36(35)29-45(41)55-43-20-10-9-19-39(43)48(47)51(42)55/h1-30H. The Labute approximate surface area is 320 Å². The molecule has 0 saturated carbocycles. The van der Waals surface area contributed by atoms with Gasteiger partial charge in [-0.1, -0.05) is 146 Å². The predicted octanol–water partition coefficient (Wildman–Crippen LogP) is 13.5. The molecule has 0 unspecified atom stereocenters. The summed E-state index contributed by atoms with van der Waals surface area (Å²) in [4.78, 5) is 11.1. The molecule has 56 heavy (non-hydrogen) atoms. The zero-order valence-corrected chi connectivity index (χ0v) is 30.1. The van der Waals surface area contributed by atoms with E-state index in [0.717, 1.165) is 44.0 Å². The molecule has 4 aromatic heterocycles. The van der Waals surface area contributed by atoms with Crippen molar-refractivity contribution in [1.29, 1.82) is 0 Å². The molecule has 0 spiro atoms. The zero-order valence-electron chi connectivity index (χ0n) is 30.1. The third kappa shape index (κ3) is 3.97. The highest BCUT2D eigenvalue weighted by Gasteiger charge is 2.25. The van der Waals surface area contributed by atoms with Crippen molar-refractivity contribution < 1.29 is 0 Å². The fourth-order valence-electron chi connectivity index (χ4n) is 9.54. The lowest BCUT2D eigenvalue weighted by Crippen LogP contribution is -2.04. The van der Waals surface area contributed by atoms with Gasteiger partial charge in [0.25, 0.3) is 0 Å². The number of nitrogens with zero attached hydrogens (tertiary/aromatic N) is 4. The van der Waals surface area contributed by atoms with Gasteiger partial charge in [-0.25, -0.2) is 9.97 Å². The summed E-state index contributed by atoms with van der Waals surface area (Å²) in [6.45, 7) is 0. The summed E-state index contributed by atoms with van der Waals surface area (Å²) in [7, 11) is 0. The van der Waals surface area contributed by atoms with Gasteiger partial charge in [-0.2, -0.15) is 0 Å². The van der Waals surface area contributed by atoms with Crippen molar-refractivity contribution >= 4 is 92.3 Å². The van der Waals surface area contributed by atoms with Gasteiger partial charge in [0.05, 0.1) is 38.8 Å². The number of para-hydroxylation sites is 2. The van der Waals surface area contributed by atoms with Crippen LogP contribution in [-0.2, 0) is 0 Å². The van der Waals surface area contributed by atoms with Crippen molar-refractivity contribution in [3.63, 3.8) is 0 Å². The fraction of sp³-hybridized carbons (Fsp3) is 0. The van der Waals surface area contributed by atoms with Gasteiger partial charge in [-0.3, -0.25) is 4.57 Å². The van der Waals surface area contributed by atoms with E-state index in [1.807, 2.05) is 0 Å². The van der Waals surface area contributed by atoms with Crippen molar-refractivity contribution in [2.24, 2.45) is 0 Å². The summed E-state index contributed by atoms with van der Waals surface area (Å²) < 4.78 is 4.80. The van der Waals surface area contributed by atoms with Gasteiger partial charge in [-0.15, -0.1) is 0 Å². The lowest BCUT2D eigenvalue weighted by molar-refractivity contribution is 1.02. The zero-order chi connectivity index (χ0) is 36.5. The van der Waals surface area contributed by atoms with Crippen molar-refractivity contribution in [2.75, 3.05) is 0 Å². The van der Waals surface area contributed by atoms with E-state index >= 15 is 0 Å². The monoisotopic (exact) mass is 710 g/mol. The SMILES string of the molecule is c1ccc(-c2ccc(-c3nc(-n4c5ccccc5c5c6c7ccccc7n7c8cc9ccccc9cc8c(cc54)c67)nc4c3ccc3ccccc34)cc2)cc1. The van der Waals surface area contributed by atoms with Crippen molar-refractivity contribution in [1.82, 2.24) is 18.9 Å². The number of hydrogen-bond acceptors (Lipinski definition) is 2. The smallest absolute Gasteiger partial charge is 0.235 e. The van der Waals surface area contributed by atoms with Gasteiger partial charge in [0, 0.05) is 48.7 Å². The maximum absolute atomic E-state index is 5.55. The highest BCUT2D eigenvalue weighted by atomic mass is 15.2. The second-order valence-corrected chi connectivity index (χ2v) is 15.0. The molecule has 4 heterocycles. The van der Waals surface area contributed by atoms with Crippen LogP contribution in [0, 0.1) is 0 Å². The summed E-state index contributed by atoms with van der Waals surface area (Å²) in [6.07, 6.45) is 0. The molecule has 0 bridgehead atoms. The van der Waals surface area contributed by atoms with E-state index < -0.39 is 0 Å². The van der Waals surface area contributed by atoms with Gasteiger partial charge < -0.3 is 4.40 Å². The molecule has 0 aliphatic rings. The number of benzene rings is 9. The van der Waals surface area contributed by atoms with E-state index in [1.165, 1.54) is 70.8 Å². The van der Waals surface area contributed by atoms with E-state index in [0.29, 0.717) is 5.95 Å². The Morgan fingerprint density at radius 1 is 0.339 bits per heavy atom. The Kier molecular flexibility index (Phi) is 5.86. The summed E-state index contributed by atoms with van der Waals surface area (Å²) in [5, 5.41) is 13.2. The van der Waals surface area contributed by atoms with E-state index in [9.17, 15) is 0 Å². The first-order chi connectivity index (χ1) is 27.8. The molecule has 0 saturated heterocycles. The second kappa shape index (κ2) is 11.0. The molecule has 13 rings (SSSR count). The number of hydrogen-bond donors (Lipinski definition) is 0. The molecule has 0 radical (unpaired) electrons. The third-order valence-corrected chi connectivity index (χ3v) is 12.0. The van der Waals surface area contributed by atoms with Gasteiger partial charge in [0.15, 0.2) is 0 Å². The van der Waals surface area contributed by atoms with E-state index in [4.69, 9.17) is 9.97 Å². The summed E-state index contributed by atoms with van der Waals surface area (Å²) in [6, 6.07) is 65.7. The van der Waals surface area contributed by atoms with Gasteiger partial charge in [-0.05, 0) is 63.7 Å². The molecule has 0 atom stereocenters. The predicted molar refractivity (Wildman–Crippen MR) is 234 cm³/mol. The van der Waals surface area contributed by atoms with Crippen LogP contribution in [0.3, 0.4) is 0 Å². The van der Waals surface area contributed by atoms with E-state index in [1.54, 1.807) is 0 Å². The maximum atomic E-state index is 5.55. The topological polar surface area (TPSA) is 35.1 Å². The second-order valence-electron chi connectivity index (χ2n) is 15.0. The average molecular weight is 711 g/mol. The molecule has 258 valence electrons. The molecule has 0 fully saturated rings. The molecule has 4 nitrogen and oxygen atoms in total. The molecule has 0 aliphatic carbocycles. The molecule has 4 heteroatoms. The maximum Gasteiger partial charge on any atom is 0.235 e. The highest BCUT2D eigenvalue weighted by molar-refractivity contribution is 6.36. The fourth-order valence-corrected chi connectivity index (χ4v) is 9.54. The lowest BCUT2D eigenvalue weighted by atomic mass is 9.99.